The molecular formula is C12H8NO4-. The van der Waals surface area contributed by atoms with Gasteiger partial charge in [-0.15, -0.1) is 0 Å². The molecule has 86 valence electrons. The van der Waals surface area contributed by atoms with Gasteiger partial charge < -0.3 is 19.6 Å². The van der Waals surface area contributed by atoms with E-state index in [-0.39, 0.29) is 11.3 Å². The molecule has 5 heteroatoms. The zero-order valence-corrected chi connectivity index (χ0v) is 8.67. The quantitative estimate of drug-likeness (QED) is 0.849. The van der Waals surface area contributed by atoms with E-state index in [2.05, 4.69) is 5.32 Å². The fraction of sp³-hybridized carbons (Fsp3) is 0. The van der Waals surface area contributed by atoms with Crippen molar-refractivity contribution in [3.63, 3.8) is 0 Å². The van der Waals surface area contributed by atoms with Gasteiger partial charge in [0.15, 0.2) is 5.76 Å². The number of furan rings is 1. The van der Waals surface area contributed by atoms with Gasteiger partial charge in [0.05, 0.1) is 12.2 Å². The normalized spacial score (nSPS) is 9.88. The van der Waals surface area contributed by atoms with E-state index >= 15 is 0 Å². The first-order chi connectivity index (χ1) is 8.16. The van der Waals surface area contributed by atoms with Crippen molar-refractivity contribution in [1.29, 1.82) is 0 Å². The SMILES string of the molecule is O=C([O-])c1cccc(NC(=O)c2ccco2)c1. The minimum atomic E-state index is -1.29. The number of carboxylic acid groups (broad SMARTS) is 1. The lowest BCUT2D eigenvalue weighted by molar-refractivity contribution is -0.255. The molecule has 0 aliphatic carbocycles. The average molecular weight is 230 g/mol. The average Bonchev–Trinajstić information content (AvgIpc) is 2.82. The van der Waals surface area contributed by atoms with Gasteiger partial charge in [-0.05, 0) is 29.8 Å². The van der Waals surface area contributed by atoms with E-state index < -0.39 is 11.9 Å². The maximum absolute atomic E-state index is 11.6. The molecule has 0 spiro atoms. The Bertz CT molecular complexity index is 545. The van der Waals surface area contributed by atoms with Crippen LogP contribution in [0.3, 0.4) is 0 Å². The number of nitrogens with one attached hydrogen (secondary N) is 1. The molecule has 0 saturated carbocycles. The summed E-state index contributed by atoms with van der Waals surface area (Å²) in [6.07, 6.45) is 1.38. The number of carbonyl (C=O) groups excluding carboxylic acids is 2. The van der Waals surface area contributed by atoms with Crippen LogP contribution in [0.1, 0.15) is 20.9 Å². The summed E-state index contributed by atoms with van der Waals surface area (Å²) < 4.78 is 4.90. The molecule has 0 fully saturated rings. The van der Waals surface area contributed by atoms with E-state index in [0.717, 1.165) is 0 Å². The van der Waals surface area contributed by atoms with Gasteiger partial charge in [-0.2, -0.15) is 0 Å². The van der Waals surface area contributed by atoms with Crippen LogP contribution >= 0.6 is 0 Å². The lowest BCUT2D eigenvalue weighted by atomic mass is 10.2. The van der Waals surface area contributed by atoms with E-state index in [9.17, 15) is 14.7 Å². The van der Waals surface area contributed by atoms with Crippen molar-refractivity contribution < 1.29 is 19.1 Å². The molecule has 17 heavy (non-hydrogen) atoms. The molecule has 1 N–H and O–H groups in total. The molecule has 1 heterocycles. The largest absolute Gasteiger partial charge is 0.545 e. The van der Waals surface area contributed by atoms with Gasteiger partial charge in [0.1, 0.15) is 0 Å². The number of carboxylic acids is 1. The summed E-state index contributed by atoms with van der Waals surface area (Å²) in [6, 6.07) is 8.90. The first-order valence-corrected chi connectivity index (χ1v) is 4.83. The Kier molecular flexibility index (Phi) is 2.91. The van der Waals surface area contributed by atoms with Crippen LogP contribution in [0.4, 0.5) is 5.69 Å². The van der Waals surface area contributed by atoms with Crippen LogP contribution in [0.2, 0.25) is 0 Å². The van der Waals surface area contributed by atoms with Crippen molar-refractivity contribution in [1.82, 2.24) is 0 Å². The molecule has 1 aromatic carbocycles. The molecule has 0 aliphatic rings. The lowest BCUT2D eigenvalue weighted by Gasteiger charge is -2.06. The molecular weight excluding hydrogens is 222 g/mol. The summed E-state index contributed by atoms with van der Waals surface area (Å²) in [5.74, 6) is -1.58. The first-order valence-electron chi connectivity index (χ1n) is 4.83. The van der Waals surface area contributed by atoms with Crippen LogP contribution in [0.15, 0.2) is 47.1 Å². The van der Waals surface area contributed by atoms with Gasteiger partial charge in [0.2, 0.25) is 0 Å². The smallest absolute Gasteiger partial charge is 0.291 e. The van der Waals surface area contributed by atoms with E-state index in [1.807, 2.05) is 0 Å². The molecule has 0 atom stereocenters. The zero-order valence-electron chi connectivity index (χ0n) is 8.67. The fourth-order valence-electron chi connectivity index (χ4n) is 1.32. The molecule has 1 aromatic heterocycles. The van der Waals surface area contributed by atoms with Crippen LogP contribution in [0.5, 0.6) is 0 Å². The summed E-state index contributed by atoms with van der Waals surface area (Å²) in [7, 11) is 0. The number of carbonyl (C=O) groups is 2. The lowest BCUT2D eigenvalue weighted by Crippen LogP contribution is -2.22. The molecule has 2 aromatic rings. The maximum atomic E-state index is 11.6. The Balaban J connectivity index is 2.16. The summed E-state index contributed by atoms with van der Waals surface area (Å²) in [5.41, 5.74) is 0.371. The second-order valence-electron chi connectivity index (χ2n) is 3.30. The summed E-state index contributed by atoms with van der Waals surface area (Å²) in [4.78, 5) is 22.2. The van der Waals surface area contributed by atoms with Crippen LogP contribution in [0, 0.1) is 0 Å². The molecule has 2 rings (SSSR count). The standard InChI is InChI=1S/C12H9NO4/c14-11(10-5-2-6-17-10)13-9-4-1-3-8(7-9)12(15)16/h1-7H,(H,13,14)(H,15,16)/p-1. The van der Waals surface area contributed by atoms with Gasteiger partial charge in [0.25, 0.3) is 5.91 Å². The maximum Gasteiger partial charge on any atom is 0.291 e. The van der Waals surface area contributed by atoms with Crippen molar-refractivity contribution in [2.75, 3.05) is 5.32 Å². The Morgan fingerprint density at radius 1 is 1.18 bits per heavy atom. The van der Waals surface area contributed by atoms with Gasteiger partial charge in [-0.25, -0.2) is 0 Å². The Morgan fingerprint density at radius 2 is 2.00 bits per heavy atom. The predicted molar refractivity (Wildman–Crippen MR) is 57.4 cm³/mol. The van der Waals surface area contributed by atoms with Crippen LogP contribution in [0.25, 0.3) is 0 Å². The van der Waals surface area contributed by atoms with Crippen LogP contribution < -0.4 is 10.4 Å². The molecule has 0 bridgehead atoms. The molecule has 0 unspecified atom stereocenters. The van der Waals surface area contributed by atoms with Gasteiger partial charge in [0, 0.05) is 5.69 Å². The second kappa shape index (κ2) is 4.52. The molecule has 0 aliphatic heterocycles. The van der Waals surface area contributed by atoms with E-state index in [4.69, 9.17) is 4.42 Å². The Morgan fingerprint density at radius 3 is 2.65 bits per heavy atom. The minimum Gasteiger partial charge on any atom is -0.545 e. The zero-order chi connectivity index (χ0) is 12.3. The highest BCUT2D eigenvalue weighted by Gasteiger charge is 2.08. The Hall–Kier alpha value is -2.56. The fourth-order valence-corrected chi connectivity index (χ4v) is 1.32. The number of aromatic carboxylic acids is 1. The number of rotatable bonds is 3. The number of hydrogen-bond donors (Lipinski definition) is 1. The number of amides is 1. The first kappa shape index (κ1) is 10.9. The number of benzene rings is 1. The highest BCUT2D eigenvalue weighted by Crippen LogP contribution is 2.12. The number of hydrogen-bond acceptors (Lipinski definition) is 4. The topological polar surface area (TPSA) is 82.4 Å². The van der Waals surface area contributed by atoms with E-state index in [1.165, 1.54) is 30.5 Å². The van der Waals surface area contributed by atoms with Crippen LogP contribution in [-0.4, -0.2) is 11.9 Å². The monoisotopic (exact) mass is 230 g/mol. The van der Waals surface area contributed by atoms with Crippen molar-refractivity contribution in [2.24, 2.45) is 0 Å². The van der Waals surface area contributed by atoms with Crippen molar-refractivity contribution in [3.05, 3.63) is 54.0 Å². The third-order valence-electron chi connectivity index (χ3n) is 2.10. The molecule has 0 saturated heterocycles. The van der Waals surface area contributed by atoms with Crippen molar-refractivity contribution >= 4 is 17.6 Å². The molecule has 5 nitrogen and oxygen atoms in total. The third kappa shape index (κ3) is 2.52. The second-order valence-corrected chi connectivity index (χ2v) is 3.30. The summed E-state index contributed by atoms with van der Waals surface area (Å²) in [5, 5.41) is 13.1. The van der Waals surface area contributed by atoms with Crippen molar-refractivity contribution in [2.45, 2.75) is 0 Å². The Labute approximate surface area is 96.7 Å². The number of anilines is 1. The minimum absolute atomic E-state index is 0.00208. The van der Waals surface area contributed by atoms with Crippen molar-refractivity contribution in [3.8, 4) is 0 Å². The summed E-state index contributed by atoms with van der Waals surface area (Å²) >= 11 is 0. The highest BCUT2D eigenvalue weighted by atomic mass is 16.4. The highest BCUT2D eigenvalue weighted by molar-refractivity contribution is 6.02. The van der Waals surface area contributed by atoms with Gasteiger partial charge in [-0.1, -0.05) is 12.1 Å². The van der Waals surface area contributed by atoms with Gasteiger partial charge >= 0.3 is 0 Å². The predicted octanol–water partition coefficient (Wildman–Crippen LogP) is 0.895. The van der Waals surface area contributed by atoms with E-state index in [1.54, 1.807) is 12.1 Å². The third-order valence-corrected chi connectivity index (χ3v) is 2.10. The van der Waals surface area contributed by atoms with E-state index in [0.29, 0.717) is 5.69 Å². The van der Waals surface area contributed by atoms with Crippen LogP contribution in [-0.2, 0) is 0 Å². The molecule has 1 amide bonds. The van der Waals surface area contributed by atoms with Gasteiger partial charge in [-0.3, -0.25) is 4.79 Å². The summed E-state index contributed by atoms with van der Waals surface area (Å²) in [6.45, 7) is 0. The molecule has 0 radical (unpaired) electrons.